The van der Waals surface area contributed by atoms with Crippen molar-refractivity contribution in [2.45, 2.75) is 42.2 Å². The van der Waals surface area contributed by atoms with E-state index in [2.05, 4.69) is 6.58 Å². The topological polar surface area (TPSA) is 34.1 Å². The Labute approximate surface area is 142 Å². The van der Waals surface area contributed by atoms with E-state index in [-0.39, 0.29) is 0 Å². The van der Waals surface area contributed by atoms with E-state index in [1.54, 1.807) is 0 Å². The zero-order valence-corrected chi connectivity index (χ0v) is 13.4. The molecule has 0 fully saturated rings. The molecule has 0 atom stereocenters. The van der Waals surface area contributed by atoms with Crippen LogP contribution in [0, 0.1) is 0 Å². The predicted molar refractivity (Wildman–Crippen MR) is 64.3 cm³/mol. The molecule has 0 unspecified atom stereocenters. The summed E-state index contributed by atoms with van der Waals surface area (Å²) in [5, 5.41) is 0. The van der Waals surface area contributed by atoms with Crippen LogP contribution in [0.3, 0.4) is 0 Å². The van der Waals surface area contributed by atoms with Gasteiger partial charge in [-0.15, -0.1) is 6.58 Å². The minimum Gasteiger partial charge on any atom is -0.229 e. The summed E-state index contributed by atoms with van der Waals surface area (Å²) in [5.41, 5.74) is 0. The third-order valence-corrected chi connectivity index (χ3v) is 4.67. The van der Waals surface area contributed by atoms with Gasteiger partial charge in [0.1, 0.15) is 0 Å². The highest BCUT2D eigenvalue weighted by Crippen LogP contribution is 2.60. The Bertz CT molecular complexity index is 648. The lowest BCUT2D eigenvalue weighted by Gasteiger charge is -2.39. The first-order valence-corrected chi connectivity index (χ1v) is 8.11. The van der Waals surface area contributed by atoms with Gasteiger partial charge in [0.15, 0.2) is 9.84 Å². The quantitative estimate of drug-likeness (QED) is 0.375. The summed E-state index contributed by atoms with van der Waals surface area (Å²) >= 11 is 0. The third kappa shape index (κ3) is 4.29. The fraction of sp³-hybridized carbons (Fsp3) is 0.818. The number of hydrogen-bond donors (Lipinski definition) is 0. The Morgan fingerprint density at radius 3 is 1.37 bits per heavy atom. The fourth-order valence-corrected chi connectivity index (χ4v) is 2.60. The smallest absolute Gasteiger partial charge is 0.229 e. The van der Waals surface area contributed by atoms with Crippen molar-refractivity contribution >= 4 is 9.84 Å². The summed E-state index contributed by atoms with van der Waals surface area (Å²) in [6, 6.07) is 0. The van der Waals surface area contributed by atoms with Crippen LogP contribution in [0.25, 0.3) is 0 Å². The molecule has 0 saturated carbocycles. The monoisotopic (exact) mass is 452 g/mol. The summed E-state index contributed by atoms with van der Waals surface area (Å²) in [4.78, 5) is 0. The van der Waals surface area contributed by atoms with Crippen molar-refractivity contribution in [3.63, 3.8) is 0 Å². The normalized spacial score (nSPS) is 15.7. The first-order chi connectivity index (χ1) is 11.5. The zero-order valence-electron chi connectivity index (χ0n) is 12.5. The molecule has 27 heavy (non-hydrogen) atoms. The lowest BCUT2D eigenvalue weighted by molar-refractivity contribution is -0.439. The highest BCUT2D eigenvalue weighted by atomic mass is 32.2. The molecule has 2 nitrogen and oxygen atoms in total. The Morgan fingerprint density at radius 2 is 1.04 bits per heavy atom. The average molecular weight is 452 g/mol. The largest absolute Gasteiger partial charge is 0.460 e. The molecule has 0 radical (unpaired) electrons. The molecule has 0 aliphatic rings. The second-order valence-corrected chi connectivity index (χ2v) is 7.38. The van der Waals surface area contributed by atoms with Gasteiger partial charge < -0.3 is 0 Å². The van der Waals surface area contributed by atoms with Crippen LogP contribution in [0.2, 0.25) is 0 Å². The predicted octanol–water partition coefficient (Wildman–Crippen LogP) is 4.72. The van der Waals surface area contributed by atoms with Crippen LogP contribution in [0.1, 0.15) is 6.42 Å². The third-order valence-electron chi connectivity index (χ3n) is 3.10. The Morgan fingerprint density at radius 1 is 0.667 bits per heavy atom. The lowest BCUT2D eigenvalue weighted by atomic mass is 9.93. The van der Waals surface area contributed by atoms with Crippen LogP contribution >= 0.6 is 0 Å². The number of rotatable bonds is 9. The van der Waals surface area contributed by atoms with Gasteiger partial charge in [-0.25, -0.2) is 8.42 Å². The molecule has 0 aromatic rings. The molecule has 162 valence electrons. The summed E-state index contributed by atoms with van der Waals surface area (Å²) in [7, 11) is -4.65. The zero-order chi connectivity index (χ0) is 22.3. The van der Waals surface area contributed by atoms with E-state index < -0.39 is 63.6 Å². The molecule has 0 N–H and O–H groups in total. The summed E-state index contributed by atoms with van der Waals surface area (Å²) in [5.74, 6) is -40.7. The molecule has 0 aliphatic carbocycles. The van der Waals surface area contributed by atoms with Gasteiger partial charge in [0.05, 0.1) is 11.5 Å². The molecule has 0 heterocycles. The van der Waals surface area contributed by atoms with Crippen LogP contribution in [0.4, 0.5) is 57.1 Å². The maximum absolute atomic E-state index is 13.3. The van der Waals surface area contributed by atoms with E-state index >= 15 is 0 Å². The van der Waals surface area contributed by atoms with Crippen molar-refractivity contribution in [3.8, 4) is 0 Å². The Kier molecular flexibility index (Phi) is 6.67. The van der Waals surface area contributed by atoms with Crippen molar-refractivity contribution in [1.29, 1.82) is 0 Å². The lowest BCUT2D eigenvalue weighted by Crippen LogP contribution is -2.70. The van der Waals surface area contributed by atoms with Gasteiger partial charge in [-0.05, 0) is 0 Å². The van der Waals surface area contributed by atoms with Crippen molar-refractivity contribution in [2.75, 3.05) is 11.5 Å². The molecule has 0 rings (SSSR count). The minimum absolute atomic E-state index is 0.568. The highest BCUT2D eigenvalue weighted by molar-refractivity contribution is 7.91. The first-order valence-electron chi connectivity index (χ1n) is 6.29. The highest BCUT2D eigenvalue weighted by Gasteiger charge is 2.90. The van der Waals surface area contributed by atoms with Crippen molar-refractivity contribution < 1.29 is 65.5 Å². The molecule has 0 aromatic heterocycles. The maximum atomic E-state index is 13.3. The van der Waals surface area contributed by atoms with Crippen LogP contribution in [0.5, 0.6) is 0 Å². The van der Waals surface area contributed by atoms with Gasteiger partial charge in [0, 0.05) is 6.42 Å². The van der Waals surface area contributed by atoms with Crippen LogP contribution < -0.4 is 0 Å². The van der Waals surface area contributed by atoms with Crippen LogP contribution in [-0.2, 0) is 9.84 Å². The van der Waals surface area contributed by atoms with Gasteiger partial charge in [0.2, 0.25) is 0 Å². The molecular formula is C11H9F13O2S. The van der Waals surface area contributed by atoms with E-state index in [0.29, 0.717) is 6.08 Å². The van der Waals surface area contributed by atoms with Crippen molar-refractivity contribution in [1.82, 2.24) is 0 Å². The molecule has 0 aliphatic heterocycles. The molecule has 16 heteroatoms. The number of alkyl halides is 13. The van der Waals surface area contributed by atoms with E-state index in [1.165, 1.54) is 0 Å². The molecule has 0 amide bonds. The second kappa shape index (κ2) is 6.99. The fourth-order valence-electron chi connectivity index (χ4n) is 1.51. The van der Waals surface area contributed by atoms with Crippen LogP contribution in [-0.4, -0.2) is 55.7 Å². The second-order valence-electron chi connectivity index (χ2n) is 5.15. The van der Waals surface area contributed by atoms with Gasteiger partial charge in [-0.2, -0.15) is 57.1 Å². The maximum Gasteiger partial charge on any atom is 0.460 e. The Hall–Kier alpha value is -1.22. The van der Waals surface area contributed by atoms with Crippen molar-refractivity contribution in [3.05, 3.63) is 12.7 Å². The number of halogens is 13. The summed E-state index contributed by atoms with van der Waals surface area (Å²) in [6.45, 7) is 2.84. The van der Waals surface area contributed by atoms with Crippen molar-refractivity contribution in [2.24, 2.45) is 0 Å². The average Bonchev–Trinajstić information content (AvgIpc) is 2.43. The molecular weight excluding hydrogens is 443 g/mol. The molecule has 0 spiro atoms. The van der Waals surface area contributed by atoms with Gasteiger partial charge >= 0.3 is 35.8 Å². The molecule has 0 saturated heterocycles. The van der Waals surface area contributed by atoms with Crippen LogP contribution in [0.15, 0.2) is 12.7 Å². The SMILES string of the molecule is C=CCS(=O)(=O)CCC(F)(F)C(F)(F)C(F)(F)C(F)(F)C(F)(F)C(F)(F)F. The molecule has 0 bridgehead atoms. The first kappa shape index (κ1) is 25.8. The summed E-state index contributed by atoms with van der Waals surface area (Å²) < 4.78 is 188. The van der Waals surface area contributed by atoms with Gasteiger partial charge in [-0.1, -0.05) is 6.08 Å². The van der Waals surface area contributed by atoms with Gasteiger partial charge in [0.25, 0.3) is 0 Å². The Balaban J connectivity index is 6.05. The van der Waals surface area contributed by atoms with E-state index in [1.807, 2.05) is 0 Å². The standard InChI is InChI=1S/C11H9F13O2S/c1-2-4-27(25,26)5-3-6(12,13)7(14,15)8(16,17)9(18,19)10(20,21)11(22,23)24/h2H,1,3-5H2. The number of sulfone groups is 1. The molecule has 0 aromatic carbocycles. The van der Waals surface area contributed by atoms with E-state index in [4.69, 9.17) is 0 Å². The van der Waals surface area contributed by atoms with E-state index in [0.717, 1.165) is 0 Å². The van der Waals surface area contributed by atoms with Gasteiger partial charge in [-0.3, -0.25) is 0 Å². The summed E-state index contributed by atoms with van der Waals surface area (Å²) in [6.07, 6.45) is -9.68. The number of hydrogen-bond acceptors (Lipinski definition) is 2. The van der Waals surface area contributed by atoms with E-state index in [9.17, 15) is 65.5 Å². The minimum atomic E-state index is -7.99.